The molecule has 0 bridgehead atoms. The van der Waals surface area contributed by atoms with Gasteiger partial charge in [-0.2, -0.15) is 0 Å². The Labute approximate surface area is 293 Å². The molecule has 0 spiro atoms. The molecule has 1 amide bonds. The molecule has 8 nitrogen and oxygen atoms in total. The highest BCUT2D eigenvalue weighted by Gasteiger charge is 2.29. The summed E-state index contributed by atoms with van der Waals surface area (Å²) in [4.78, 5) is 33.4. The monoisotopic (exact) mass is 680 g/mol. The lowest BCUT2D eigenvalue weighted by molar-refractivity contribution is -0.141. The van der Waals surface area contributed by atoms with Crippen LogP contribution in [0.15, 0.2) is 83.1 Å². The number of amides is 1. The summed E-state index contributed by atoms with van der Waals surface area (Å²) in [7, 11) is 0. The van der Waals surface area contributed by atoms with Gasteiger partial charge in [0.15, 0.2) is 0 Å². The number of benzene rings is 2. The van der Waals surface area contributed by atoms with Gasteiger partial charge in [-0.3, -0.25) is 24.4 Å². The van der Waals surface area contributed by atoms with Crippen molar-refractivity contribution < 1.29 is 19.8 Å². The van der Waals surface area contributed by atoms with Crippen molar-refractivity contribution in [2.24, 2.45) is 11.8 Å². The van der Waals surface area contributed by atoms with Gasteiger partial charge in [-0.05, 0) is 104 Å². The molecule has 1 unspecified atom stereocenters. The molecule has 3 atom stereocenters. The average molecular weight is 681 g/mol. The molecule has 9 heteroatoms. The van der Waals surface area contributed by atoms with Crippen molar-refractivity contribution in [1.82, 2.24) is 14.8 Å². The van der Waals surface area contributed by atoms with E-state index in [1.54, 1.807) is 12.3 Å². The van der Waals surface area contributed by atoms with Crippen LogP contribution in [-0.2, 0) is 11.3 Å². The van der Waals surface area contributed by atoms with E-state index in [0.717, 1.165) is 76.6 Å². The predicted molar refractivity (Wildman–Crippen MR) is 195 cm³/mol. The van der Waals surface area contributed by atoms with Crippen molar-refractivity contribution >= 4 is 35.2 Å². The minimum atomic E-state index is -0.712. The average Bonchev–Trinajstić information content (AvgIpc) is 3.72. The number of rotatable bonds is 10. The van der Waals surface area contributed by atoms with Crippen molar-refractivity contribution in [1.29, 1.82) is 0 Å². The molecule has 3 aromatic rings. The number of carboxylic acid groups (broad SMARTS) is 1. The molecule has 2 saturated heterocycles. The zero-order valence-corrected chi connectivity index (χ0v) is 29.2. The highest BCUT2D eigenvalue weighted by Crippen LogP contribution is 2.36. The van der Waals surface area contributed by atoms with Crippen molar-refractivity contribution in [3.05, 3.63) is 111 Å². The molecule has 0 radical (unpaired) electrons. The van der Waals surface area contributed by atoms with Crippen LogP contribution >= 0.6 is 11.6 Å². The van der Waals surface area contributed by atoms with Crippen LogP contribution in [0, 0.1) is 25.7 Å². The lowest BCUT2D eigenvalue weighted by Crippen LogP contribution is -2.26. The number of aliphatic carboxylic acids is 1. The number of aromatic nitrogens is 1. The van der Waals surface area contributed by atoms with E-state index in [0.29, 0.717) is 31.7 Å². The first-order chi connectivity index (χ1) is 23.5. The summed E-state index contributed by atoms with van der Waals surface area (Å²) in [6, 6.07) is 15.9. The highest BCUT2D eigenvalue weighted by molar-refractivity contribution is 6.30. The van der Waals surface area contributed by atoms with E-state index in [1.165, 1.54) is 11.1 Å². The number of hydrogen-bond acceptors (Lipinski definition) is 6. The fraction of sp³-hybridized carbons (Fsp3) is 0.375. The second kappa shape index (κ2) is 15.2. The van der Waals surface area contributed by atoms with E-state index in [2.05, 4.69) is 76.4 Å². The summed E-state index contributed by atoms with van der Waals surface area (Å²) in [5.74, 6) is -1.18. The van der Waals surface area contributed by atoms with E-state index in [9.17, 15) is 19.8 Å². The first kappa shape index (κ1) is 34.8. The summed E-state index contributed by atoms with van der Waals surface area (Å²) in [6.45, 7) is 10.6. The number of carboxylic acids is 1. The minimum absolute atomic E-state index is 0.0786. The van der Waals surface area contributed by atoms with Gasteiger partial charge in [0.1, 0.15) is 5.69 Å². The fourth-order valence-electron chi connectivity index (χ4n) is 7.18. The topological polar surface area (TPSA) is 106 Å². The number of hydrogen-bond donors (Lipinski definition) is 3. The Balaban J connectivity index is 1.11. The molecular weight excluding hydrogens is 636 g/mol. The van der Waals surface area contributed by atoms with Gasteiger partial charge in [0, 0.05) is 55.6 Å². The van der Waals surface area contributed by atoms with Crippen molar-refractivity contribution in [2.45, 2.75) is 52.7 Å². The van der Waals surface area contributed by atoms with Crippen LogP contribution in [0.25, 0.3) is 17.2 Å². The number of aliphatic hydroxyl groups is 1. The summed E-state index contributed by atoms with van der Waals surface area (Å²) in [5.41, 5.74) is 9.95. The molecule has 3 N–H and O–H groups in total. The molecule has 3 aliphatic rings. The van der Waals surface area contributed by atoms with Crippen LogP contribution in [0.2, 0.25) is 0 Å². The number of likely N-dealkylation sites (tertiary alicyclic amines) is 2. The summed E-state index contributed by atoms with van der Waals surface area (Å²) in [6.07, 6.45) is 10.2. The molecule has 1 aromatic heterocycles. The number of anilines is 1. The summed E-state index contributed by atoms with van der Waals surface area (Å²) in [5, 5.41) is 23.0. The Kier molecular flexibility index (Phi) is 10.8. The van der Waals surface area contributed by atoms with Crippen LogP contribution in [0.4, 0.5) is 5.69 Å². The fourth-order valence-corrected chi connectivity index (χ4v) is 7.46. The molecule has 2 fully saturated rings. The third kappa shape index (κ3) is 8.22. The Morgan fingerprint density at radius 2 is 1.69 bits per heavy atom. The van der Waals surface area contributed by atoms with E-state index >= 15 is 0 Å². The van der Waals surface area contributed by atoms with Crippen molar-refractivity contribution in [3.8, 4) is 11.1 Å². The second-order valence-corrected chi connectivity index (χ2v) is 14.2. The maximum Gasteiger partial charge on any atom is 0.307 e. The molecule has 2 aliphatic heterocycles. The highest BCUT2D eigenvalue weighted by atomic mass is 35.5. The van der Waals surface area contributed by atoms with E-state index in [4.69, 9.17) is 11.6 Å². The SMILES string of the molecule is CC1=C(CN2CC[C@@H](C(=O)O)C2)C=C(Cl)C(/C=C/c2cccc(-c3cccc(NC(=O)c4ccc(CN5CC[C@@H](O)C5)cn4)c3C)c2C)C1. The van der Waals surface area contributed by atoms with Crippen LogP contribution in [0.1, 0.15) is 58.9 Å². The molecule has 0 saturated carbocycles. The first-order valence-electron chi connectivity index (χ1n) is 17.1. The molecule has 6 rings (SSSR count). The molecule has 2 aromatic carbocycles. The Hall–Kier alpha value is -4.08. The number of carbonyl (C=O) groups excluding carboxylic acids is 1. The Morgan fingerprint density at radius 3 is 2.39 bits per heavy atom. The number of allylic oxidation sites excluding steroid dienone is 3. The summed E-state index contributed by atoms with van der Waals surface area (Å²) < 4.78 is 0. The lowest BCUT2D eigenvalue weighted by atomic mass is 9.88. The number of nitrogens with zero attached hydrogens (tertiary/aromatic N) is 3. The Bertz CT molecular complexity index is 1820. The van der Waals surface area contributed by atoms with Gasteiger partial charge in [-0.15, -0.1) is 0 Å². The first-order valence-corrected chi connectivity index (χ1v) is 17.5. The van der Waals surface area contributed by atoms with E-state index in [-0.39, 0.29) is 23.8 Å². The van der Waals surface area contributed by atoms with E-state index < -0.39 is 5.97 Å². The van der Waals surface area contributed by atoms with Crippen molar-refractivity contribution in [3.63, 3.8) is 0 Å². The van der Waals surface area contributed by atoms with Crippen molar-refractivity contribution in [2.75, 3.05) is 38.0 Å². The quantitative estimate of drug-likeness (QED) is 0.211. The maximum absolute atomic E-state index is 13.2. The number of halogens is 1. The smallest absolute Gasteiger partial charge is 0.307 e. The van der Waals surface area contributed by atoms with Gasteiger partial charge in [0.2, 0.25) is 0 Å². The van der Waals surface area contributed by atoms with Crippen LogP contribution < -0.4 is 5.32 Å². The largest absolute Gasteiger partial charge is 0.481 e. The molecule has 256 valence electrons. The third-order valence-electron chi connectivity index (χ3n) is 10.2. The number of aliphatic hydroxyl groups excluding tert-OH is 1. The molecule has 1 aliphatic carbocycles. The normalized spacial score (nSPS) is 21.8. The standard InChI is InChI=1S/C40H45ClN4O4/c1-25-18-30(36(41)19-32(25)23-45-16-14-31(22-45)40(48)49)12-11-29-6-4-7-34(26(29)2)35-8-5-9-37(27(35)3)43-39(47)38-13-10-28(20-42-38)21-44-17-15-33(46)24-44/h4-13,19-20,30-31,33,46H,14-18,21-24H2,1-3H3,(H,43,47)(H,48,49)/b12-11+/t30?,31-,33-/m1/s1. The van der Waals surface area contributed by atoms with Gasteiger partial charge in [0.25, 0.3) is 5.91 Å². The summed E-state index contributed by atoms with van der Waals surface area (Å²) >= 11 is 6.83. The molecule has 49 heavy (non-hydrogen) atoms. The molecular formula is C40H45ClN4O4. The van der Waals surface area contributed by atoms with Crippen LogP contribution in [0.3, 0.4) is 0 Å². The molecule has 3 heterocycles. The number of pyridine rings is 1. The van der Waals surface area contributed by atoms with Gasteiger partial charge >= 0.3 is 5.97 Å². The van der Waals surface area contributed by atoms with E-state index in [1.807, 2.05) is 25.1 Å². The zero-order valence-electron chi connectivity index (χ0n) is 28.5. The minimum Gasteiger partial charge on any atom is -0.481 e. The number of nitrogens with one attached hydrogen (secondary N) is 1. The Morgan fingerprint density at radius 1 is 0.959 bits per heavy atom. The van der Waals surface area contributed by atoms with Gasteiger partial charge in [-0.1, -0.05) is 65.7 Å². The predicted octanol–water partition coefficient (Wildman–Crippen LogP) is 7.06. The van der Waals surface area contributed by atoms with Gasteiger partial charge in [0.05, 0.1) is 12.0 Å². The third-order valence-corrected chi connectivity index (χ3v) is 10.6. The number of carbonyl (C=O) groups is 2. The van der Waals surface area contributed by atoms with Gasteiger partial charge < -0.3 is 15.5 Å². The number of β-amino-alcohol motifs (C(OH)–C–C–N with tert-alkyl or cyclic N) is 1. The zero-order chi connectivity index (χ0) is 34.7. The lowest BCUT2D eigenvalue weighted by Gasteiger charge is -2.24. The maximum atomic E-state index is 13.2. The van der Waals surface area contributed by atoms with Crippen LogP contribution in [0.5, 0.6) is 0 Å². The van der Waals surface area contributed by atoms with Crippen LogP contribution in [-0.4, -0.2) is 75.7 Å². The van der Waals surface area contributed by atoms with Gasteiger partial charge in [-0.25, -0.2) is 0 Å². The second-order valence-electron chi connectivity index (χ2n) is 13.7.